The molecule has 1 fully saturated rings. The first-order valence-corrected chi connectivity index (χ1v) is 7.10. The van der Waals surface area contributed by atoms with Crippen LogP contribution >= 0.6 is 0 Å². The molecule has 0 aromatic rings. The van der Waals surface area contributed by atoms with Gasteiger partial charge in [-0.25, -0.2) is 0 Å². The normalized spacial score (nSPS) is 21.5. The average molecular weight is 240 g/mol. The summed E-state index contributed by atoms with van der Waals surface area (Å²) in [7, 11) is 0. The largest absolute Gasteiger partial charge is 0.301 e. The molecule has 0 radical (unpaired) electrons. The van der Waals surface area contributed by atoms with Gasteiger partial charge >= 0.3 is 0 Å². The van der Waals surface area contributed by atoms with E-state index in [1.165, 1.54) is 45.7 Å². The molecule has 0 atom stereocenters. The fourth-order valence-corrected chi connectivity index (χ4v) is 2.68. The Hall–Kier alpha value is -0.0800. The highest BCUT2D eigenvalue weighted by atomic mass is 15.2. The SMILES string of the molecule is CC(C)(C)CN1CCCN(CC(C)(C)C)CC1. The fraction of sp³-hybridized carbons (Fsp3) is 1.00. The second kappa shape index (κ2) is 5.71. The van der Waals surface area contributed by atoms with E-state index >= 15 is 0 Å². The Labute approximate surface area is 108 Å². The minimum Gasteiger partial charge on any atom is -0.301 e. The molecule has 0 aromatic carbocycles. The van der Waals surface area contributed by atoms with E-state index in [1.54, 1.807) is 0 Å². The molecule has 0 aliphatic carbocycles. The number of hydrogen-bond donors (Lipinski definition) is 0. The summed E-state index contributed by atoms with van der Waals surface area (Å²) in [5, 5.41) is 0. The molecule has 2 heteroatoms. The molecule has 102 valence electrons. The predicted molar refractivity (Wildman–Crippen MR) is 76.4 cm³/mol. The third-order valence-corrected chi connectivity index (χ3v) is 3.08. The van der Waals surface area contributed by atoms with Gasteiger partial charge in [0, 0.05) is 26.2 Å². The van der Waals surface area contributed by atoms with Gasteiger partial charge in [-0.3, -0.25) is 0 Å². The van der Waals surface area contributed by atoms with Crippen molar-refractivity contribution in [3.63, 3.8) is 0 Å². The molecular weight excluding hydrogens is 208 g/mol. The zero-order valence-corrected chi connectivity index (χ0v) is 12.8. The molecule has 2 nitrogen and oxygen atoms in total. The van der Waals surface area contributed by atoms with Crippen LogP contribution in [0.4, 0.5) is 0 Å². The van der Waals surface area contributed by atoms with Crippen molar-refractivity contribution in [3.8, 4) is 0 Å². The Morgan fingerprint density at radius 3 is 1.29 bits per heavy atom. The van der Waals surface area contributed by atoms with Gasteiger partial charge in [-0.05, 0) is 30.3 Å². The van der Waals surface area contributed by atoms with Gasteiger partial charge < -0.3 is 9.80 Å². The summed E-state index contributed by atoms with van der Waals surface area (Å²) in [6.07, 6.45) is 1.33. The van der Waals surface area contributed by atoms with Crippen molar-refractivity contribution in [1.82, 2.24) is 9.80 Å². The van der Waals surface area contributed by atoms with Gasteiger partial charge in [0.25, 0.3) is 0 Å². The summed E-state index contributed by atoms with van der Waals surface area (Å²) in [5.74, 6) is 0. The molecule has 0 unspecified atom stereocenters. The van der Waals surface area contributed by atoms with Crippen LogP contribution in [0.5, 0.6) is 0 Å². The van der Waals surface area contributed by atoms with Crippen LogP contribution < -0.4 is 0 Å². The molecule has 0 saturated carbocycles. The van der Waals surface area contributed by atoms with E-state index in [4.69, 9.17) is 0 Å². The van der Waals surface area contributed by atoms with Crippen molar-refractivity contribution in [1.29, 1.82) is 0 Å². The second-order valence-electron chi connectivity index (χ2n) is 8.03. The Morgan fingerprint density at radius 2 is 1.00 bits per heavy atom. The Balaban J connectivity index is 2.40. The maximum atomic E-state index is 2.64. The third kappa shape index (κ3) is 7.05. The first-order valence-electron chi connectivity index (χ1n) is 7.10. The molecule has 0 amide bonds. The van der Waals surface area contributed by atoms with Crippen LogP contribution in [0.2, 0.25) is 0 Å². The summed E-state index contributed by atoms with van der Waals surface area (Å²) in [4.78, 5) is 5.28. The topological polar surface area (TPSA) is 6.48 Å². The zero-order valence-electron chi connectivity index (χ0n) is 12.8. The van der Waals surface area contributed by atoms with Gasteiger partial charge in [-0.2, -0.15) is 0 Å². The maximum Gasteiger partial charge on any atom is 0.0110 e. The number of nitrogens with zero attached hydrogens (tertiary/aromatic N) is 2. The lowest BCUT2D eigenvalue weighted by molar-refractivity contribution is 0.175. The molecule has 1 heterocycles. The van der Waals surface area contributed by atoms with Crippen LogP contribution in [0, 0.1) is 10.8 Å². The first-order chi connectivity index (χ1) is 7.66. The summed E-state index contributed by atoms with van der Waals surface area (Å²) in [5.41, 5.74) is 0.860. The van der Waals surface area contributed by atoms with Crippen molar-refractivity contribution in [2.75, 3.05) is 39.3 Å². The lowest BCUT2D eigenvalue weighted by Gasteiger charge is -2.30. The molecule has 0 bridgehead atoms. The average Bonchev–Trinajstić information content (AvgIpc) is 2.25. The van der Waals surface area contributed by atoms with Crippen molar-refractivity contribution in [2.24, 2.45) is 10.8 Å². The summed E-state index contributed by atoms with van der Waals surface area (Å²) in [6.45, 7) is 21.5. The first kappa shape index (κ1) is 15.0. The predicted octanol–water partition coefficient (Wildman–Crippen LogP) is 3.09. The van der Waals surface area contributed by atoms with Crippen LogP contribution in [-0.4, -0.2) is 49.1 Å². The van der Waals surface area contributed by atoms with E-state index in [1.807, 2.05) is 0 Å². The molecule has 1 aliphatic rings. The van der Waals surface area contributed by atoms with Crippen molar-refractivity contribution in [2.45, 2.75) is 48.0 Å². The molecule has 1 rings (SSSR count). The Bertz CT molecular complexity index is 198. The van der Waals surface area contributed by atoms with Crippen LogP contribution in [0.15, 0.2) is 0 Å². The van der Waals surface area contributed by atoms with Crippen LogP contribution in [-0.2, 0) is 0 Å². The van der Waals surface area contributed by atoms with Gasteiger partial charge in [0.15, 0.2) is 0 Å². The van der Waals surface area contributed by atoms with Gasteiger partial charge in [-0.15, -0.1) is 0 Å². The van der Waals surface area contributed by atoms with E-state index < -0.39 is 0 Å². The number of rotatable bonds is 2. The molecule has 0 spiro atoms. The van der Waals surface area contributed by atoms with Gasteiger partial charge in [0.05, 0.1) is 0 Å². The summed E-state index contributed by atoms with van der Waals surface area (Å²) >= 11 is 0. The standard InChI is InChI=1S/C15H32N2/c1-14(2,3)12-16-8-7-9-17(11-10-16)13-15(4,5)6/h7-13H2,1-6H3. The van der Waals surface area contributed by atoms with Crippen LogP contribution in [0.25, 0.3) is 0 Å². The fourth-order valence-electron chi connectivity index (χ4n) is 2.68. The molecule has 0 N–H and O–H groups in total. The Kier molecular flexibility index (Phi) is 5.03. The lowest BCUT2D eigenvalue weighted by atomic mass is 9.96. The highest BCUT2D eigenvalue weighted by Crippen LogP contribution is 2.19. The highest BCUT2D eigenvalue weighted by molar-refractivity contribution is 4.77. The van der Waals surface area contributed by atoms with Gasteiger partial charge in [0.2, 0.25) is 0 Å². The van der Waals surface area contributed by atoms with Crippen LogP contribution in [0.1, 0.15) is 48.0 Å². The maximum absolute atomic E-state index is 2.64. The lowest BCUT2D eigenvalue weighted by Crippen LogP contribution is -2.38. The zero-order chi connectivity index (χ0) is 13.1. The molecule has 1 aliphatic heterocycles. The molecule has 1 saturated heterocycles. The molecule has 0 aromatic heterocycles. The minimum atomic E-state index is 0.430. The van der Waals surface area contributed by atoms with Crippen LogP contribution in [0.3, 0.4) is 0 Å². The number of hydrogen-bond acceptors (Lipinski definition) is 2. The quantitative estimate of drug-likeness (QED) is 0.732. The summed E-state index contributed by atoms with van der Waals surface area (Å²) in [6, 6.07) is 0. The smallest absolute Gasteiger partial charge is 0.0110 e. The highest BCUT2D eigenvalue weighted by Gasteiger charge is 2.22. The molecular formula is C15H32N2. The van der Waals surface area contributed by atoms with E-state index in [2.05, 4.69) is 51.3 Å². The monoisotopic (exact) mass is 240 g/mol. The van der Waals surface area contributed by atoms with Gasteiger partial charge in [-0.1, -0.05) is 41.5 Å². The third-order valence-electron chi connectivity index (χ3n) is 3.08. The molecule has 17 heavy (non-hydrogen) atoms. The van der Waals surface area contributed by atoms with Gasteiger partial charge in [0.1, 0.15) is 0 Å². The minimum absolute atomic E-state index is 0.430. The van der Waals surface area contributed by atoms with E-state index in [-0.39, 0.29) is 0 Å². The second-order valence-corrected chi connectivity index (χ2v) is 8.03. The Morgan fingerprint density at radius 1 is 0.647 bits per heavy atom. The summed E-state index contributed by atoms with van der Waals surface area (Å²) < 4.78 is 0. The van der Waals surface area contributed by atoms with E-state index in [9.17, 15) is 0 Å². The van der Waals surface area contributed by atoms with Crippen molar-refractivity contribution >= 4 is 0 Å². The van der Waals surface area contributed by atoms with E-state index in [0.29, 0.717) is 10.8 Å². The van der Waals surface area contributed by atoms with Crippen molar-refractivity contribution in [3.05, 3.63) is 0 Å². The van der Waals surface area contributed by atoms with Crippen molar-refractivity contribution < 1.29 is 0 Å². The van der Waals surface area contributed by atoms with E-state index in [0.717, 1.165) is 0 Å².